The standard InChI is InChI=1S/C16H19N3O2/c1-12-9-15(17)14(10-18-12)16(21)19(7-8-20)11-13-5-3-2-4-6-13/h2-6,9-10,20H,7-8,11H2,1H3,(H2,17,18). The Labute approximate surface area is 124 Å². The van der Waals surface area contributed by atoms with Crippen LogP contribution in [0.5, 0.6) is 0 Å². The van der Waals surface area contributed by atoms with E-state index in [0.29, 0.717) is 17.8 Å². The first kappa shape index (κ1) is 15.0. The number of hydrogen-bond donors (Lipinski definition) is 2. The second-order valence-electron chi connectivity index (χ2n) is 4.85. The maximum Gasteiger partial charge on any atom is 0.257 e. The van der Waals surface area contributed by atoms with E-state index >= 15 is 0 Å². The van der Waals surface area contributed by atoms with Crippen LogP contribution in [0.3, 0.4) is 0 Å². The maximum absolute atomic E-state index is 12.6. The number of aryl methyl sites for hydroxylation is 1. The Morgan fingerprint density at radius 1 is 1.33 bits per heavy atom. The number of nitrogens with two attached hydrogens (primary N) is 1. The SMILES string of the molecule is Cc1cc(N)c(C(=O)N(CCO)Cc2ccccc2)cn1. The van der Waals surface area contributed by atoms with E-state index in [1.165, 1.54) is 6.20 Å². The number of carbonyl (C=O) groups is 1. The molecule has 1 aromatic carbocycles. The number of aromatic nitrogens is 1. The molecular formula is C16H19N3O2. The smallest absolute Gasteiger partial charge is 0.257 e. The summed E-state index contributed by atoms with van der Waals surface area (Å²) >= 11 is 0. The Hall–Kier alpha value is -2.40. The molecule has 0 aliphatic heterocycles. The highest BCUT2D eigenvalue weighted by atomic mass is 16.3. The molecule has 0 atom stereocenters. The summed E-state index contributed by atoms with van der Waals surface area (Å²) in [6.07, 6.45) is 1.49. The summed E-state index contributed by atoms with van der Waals surface area (Å²) < 4.78 is 0. The minimum atomic E-state index is -0.224. The first-order chi connectivity index (χ1) is 10.1. The highest BCUT2D eigenvalue weighted by molar-refractivity contribution is 5.98. The normalized spacial score (nSPS) is 10.4. The van der Waals surface area contributed by atoms with Crippen molar-refractivity contribution in [1.29, 1.82) is 0 Å². The van der Waals surface area contributed by atoms with Gasteiger partial charge in [-0.15, -0.1) is 0 Å². The van der Waals surface area contributed by atoms with Crippen molar-refractivity contribution in [3.63, 3.8) is 0 Å². The van der Waals surface area contributed by atoms with Crippen LogP contribution in [0.2, 0.25) is 0 Å². The van der Waals surface area contributed by atoms with Gasteiger partial charge in [0, 0.05) is 30.7 Å². The lowest BCUT2D eigenvalue weighted by Crippen LogP contribution is -2.33. The summed E-state index contributed by atoms with van der Waals surface area (Å²) in [7, 11) is 0. The summed E-state index contributed by atoms with van der Waals surface area (Å²) in [6.45, 7) is 2.40. The number of hydrogen-bond acceptors (Lipinski definition) is 4. The third kappa shape index (κ3) is 3.79. The summed E-state index contributed by atoms with van der Waals surface area (Å²) in [4.78, 5) is 18.3. The lowest BCUT2D eigenvalue weighted by Gasteiger charge is -2.22. The van der Waals surface area contributed by atoms with Crippen molar-refractivity contribution in [3.8, 4) is 0 Å². The number of benzene rings is 1. The zero-order chi connectivity index (χ0) is 15.2. The Morgan fingerprint density at radius 2 is 2.05 bits per heavy atom. The molecule has 2 rings (SSSR count). The largest absolute Gasteiger partial charge is 0.398 e. The average Bonchev–Trinajstić information content (AvgIpc) is 2.47. The lowest BCUT2D eigenvalue weighted by molar-refractivity contribution is 0.0708. The molecule has 0 fully saturated rings. The van der Waals surface area contributed by atoms with E-state index in [1.807, 2.05) is 37.3 Å². The molecule has 0 unspecified atom stereocenters. The maximum atomic E-state index is 12.6. The number of anilines is 1. The second kappa shape index (κ2) is 6.85. The fourth-order valence-electron chi connectivity index (χ4n) is 2.11. The number of nitrogens with zero attached hydrogens (tertiary/aromatic N) is 2. The molecular weight excluding hydrogens is 266 g/mol. The number of rotatable bonds is 5. The van der Waals surface area contributed by atoms with Crippen molar-refractivity contribution in [2.75, 3.05) is 18.9 Å². The van der Waals surface area contributed by atoms with Gasteiger partial charge in [-0.3, -0.25) is 9.78 Å². The van der Waals surface area contributed by atoms with E-state index in [4.69, 9.17) is 5.73 Å². The molecule has 0 radical (unpaired) electrons. The highest BCUT2D eigenvalue weighted by Crippen LogP contribution is 2.16. The van der Waals surface area contributed by atoms with Crippen LogP contribution in [0.25, 0.3) is 0 Å². The van der Waals surface area contributed by atoms with Gasteiger partial charge >= 0.3 is 0 Å². The van der Waals surface area contributed by atoms with Gasteiger partial charge in [0.05, 0.1) is 12.2 Å². The molecule has 0 saturated heterocycles. The molecule has 1 heterocycles. The fourth-order valence-corrected chi connectivity index (χ4v) is 2.11. The molecule has 0 spiro atoms. The minimum Gasteiger partial charge on any atom is -0.398 e. The molecule has 1 amide bonds. The molecule has 0 bridgehead atoms. The number of amides is 1. The van der Waals surface area contributed by atoms with Crippen molar-refractivity contribution in [2.24, 2.45) is 0 Å². The van der Waals surface area contributed by atoms with Crippen LogP contribution in [0, 0.1) is 6.92 Å². The van der Waals surface area contributed by atoms with Gasteiger partial charge in [0.15, 0.2) is 0 Å². The minimum absolute atomic E-state index is 0.0994. The summed E-state index contributed by atoms with van der Waals surface area (Å²) in [5.74, 6) is -0.224. The first-order valence-corrected chi connectivity index (χ1v) is 6.78. The van der Waals surface area contributed by atoms with E-state index < -0.39 is 0 Å². The number of aliphatic hydroxyl groups is 1. The third-order valence-electron chi connectivity index (χ3n) is 3.18. The number of carbonyl (C=O) groups excluding carboxylic acids is 1. The third-order valence-corrected chi connectivity index (χ3v) is 3.18. The topological polar surface area (TPSA) is 79.5 Å². The lowest BCUT2D eigenvalue weighted by atomic mass is 10.1. The van der Waals surface area contributed by atoms with Crippen molar-refractivity contribution in [1.82, 2.24) is 9.88 Å². The van der Waals surface area contributed by atoms with Gasteiger partial charge in [-0.05, 0) is 18.6 Å². The molecule has 2 aromatic rings. The predicted molar refractivity (Wildman–Crippen MR) is 81.7 cm³/mol. The quantitative estimate of drug-likeness (QED) is 0.874. The Bertz CT molecular complexity index is 614. The van der Waals surface area contributed by atoms with Crippen LogP contribution in [-0.2, 0) is 6.54 Å². The van der Waals surface area contributed by atoms with Gasteiger partial charge in [-0.2, -0.15) is 0 Å². The molecule has 21 heavy (non-hydrogen) atoms. The van der Waals surface area contributed by atoms with E-state index in [1.54, 1.807) is 11.0 Å². The summed E-state index contributed by atoms with van der Waals surface area (Å²) in [5.41, 5.74) is 8.43. The molecule has 5 heteroatoms. The van der Waals surface area contributed by atoms with Crippen molar-refractivity contribution >= 4 is 11.6 Å². The average molecular weight is 285 g/mol. The van der Waals surface area contributed by atoms with Gasteiger partial charge < -0.3 is 15.7 Å². The molecule has 110 valence electrons. The highest BCUT2D eigenvalue weighted by Gasteiger charge is 2.18. The molecule has 0 saturated carbocycles. The van der Waals surface area contributed by atoms with Gasteiger partial charge in [0.25, 0.3) is 5.91 Å². The van der Waals surface area contributed by atoms with Crippen molar-refractivity contribution < 1.29 is 9.90 Å². The fraction of sp³-hybridized carbons (Fsp3) is 0.250. The Morgan fingerprint density at radius 3 is 2.67 bits per heavy atom. The van der Waals surface area contributed by atoms with Crippen LogP contribution < -0.4 is 5.73 Å². The van der Waals surface area contributed by atoms with Crippen LogP contribution in [-0.4, -0.2) is 34.0 Å². The van der Waals surface area contributed by atoms with Crippen LogP contribution >= 0.6 is 0 Å². The van der Waals surface area contributed by atoms with E-state index in [0.717, 1.165) is 11.3 Å². The number of aliphatic hydroxyl groups excluding tert-OH is 1. The van der Waals surface area contributed by atoms with Gasteiger partial charge in [0.1, 0.15) is 0 Å². The summed E-state index contributed by atoms with van der Waals surface area (Å²) in [5, 5.41) is 9.18. The van der Waals surface area contributed by atoms with Crippen LogP contribution in [0.4, 0.5) is 5.69 Å². The molecule has 5 nitrogen and oxygen atoms in total. The zero-order valence-corrected chi connectivity index (χ0v) is 12.0. The van der Waals surface area contributed by atoms with Crippen molar-refractivity contribution in [2.45, 2.75) is 13.5 Å². The number of pyridine rings is 1. The van der Waals surface area contributed by atoms with Gasteiger partial charge in [-0.1, -0.05) is 30.3 Å². The van der Waals surface area contributed by atoms with E-state index in [2.05, 4.69) is 4.98 Å². The molecule has 0 aliphatic carbocycles. The van der Waals surface area contributed by atoms with Gasteiger partial charge in [-0.25, -0.2) is 0 Å². The van der Waals surface area contributed by atoms with Gasteiger partial charge in [0.2, 0.25) is 0 Å². The van der Waals surface area contributed by atoms with Crippen LogP contribution in [0.1, 0.15) is 21.6 Å². The first-order valence-electron chi connectivity index (χ1n) is 6.78. The Kier molecular flexibility index (Phi) is 4.90. The molecule has 0 aliphatic rings. The predicted octanol–water partition coefficient (Wildman–Crippen LogP) is 1.61. The number of nitrogen functional groups attached to an aromatic ring is 1. The zero-order valence-electron chi connectivity index (χ0n) is 12.0. The second-order valence-corrected chi connectivity index (χ2v) is 4.85. The monoisotopic (exact) mass is 285 g/mol. The van der Waals surface area contributed by atoms with Crippen LogP contribution in [0.15, 0.2) is 42.6 Å². The molecule has 1 aromatic heterocycles. The van der Waals surface area contributed by atoms with Crippen molar-refractivity contribution in [3.05, 3.63) is 59.4 Å². The van der Waals surface area contributed by atoms with E-state index in [9.17, 15) is 9.90 Å². The Balaban J connectivity index is 2.23. The van der Waals surface area contributed by atoms with E-state index in [-0.39, 0.29) is 19.1 Å². The summed E-state index contributed by atoms with van der Waals surface area (Å²) in [6, 6.07) is 11.3. The molecule has 3 N–H and O–H groups in total.